The minimum Gasteiger partial charge on any atom is -0.338 e. The Kier molecular flexibility index (Phi) is 4.12. The number of thioether (sulfide) groups is 1. The molecule has 0 aliphatic carbocycles. The minimum absolute atomic E-state index is 0.124. The lowest BCUT2D eigenvalue weighted by molar-refractivity contribution is -0.137. The molecule has 0 atom stereocenters. The van der Waals surface area contributed by atoms with E-state index in [0.29, 0.717) is 11.6 Å². The highest BCUT2D eigenvalue weighted by atomic mass is 32.2. The summed E-state index contributed by atoms with van der Waals surface area (Å²) in [6.45, 7) is 0. The lowest BCUT2D eigenvalue weighted by Crippen LogP contribution is -2.04. The van der Waals surface area contributed by atoms with Crippen molar-refractivity contribution < 1.29 is 17.7 Å². The molecule has 10 heteroatoms. The van der Waals surface area contributed by atoms with Gasteiger partial charge in [-0.3, -0.25) is 0 Å². The molecule has 1 aromatic carbocycles. The van der Waals surface area contributed by atoms with Gasteiger partial charge < -0.3 is 4.52 Å². The van der Waals surface area contributed by atoms with Crippen molar-refractivity contribution in [3.05, 3.63) is 41.2 Å². The molecule has 0 unspecified atom stereocenters. The molecule has 2 heterocycles. The predicted molar refractivity (Wildman–Crippen MR) is 74.2 cm³/mol. The van der Waals surface area contributed by atoms with Crippen molar-refractivity contribution in [1.82, 2.24) is 20.3 Å². The van der Waals surface area contributed by atoms with Crippen molar-refractivity contribution in [3.8, 4) is 11.4 Å². The van der Waals surface area contributed by atoms with Crippen LogP contribution in [-0.2, 0) is 11.9 Å². The highest BCUT2D eigenvalue weighted by Crippen LogP contribution is 2.31. The monoisotopic (exact) mass is 344 g/mol. The molecular formula is C12H7F3N4OS2. The van der Waals surface area contributed by atoms with Gasteiger partial charge in [-0.2, -0.15) is 18.2 Å². The maximum Gasteiger partial charge on any atom is 0.416 e. The van der Waals surface area contributed by atoms with E-state index in [1.54, 1.807) is 5.51 Å². The van der Waals surface area contributed by atoms with E-state index >= 15 is 0 Å². The number of benzene rings is 1. The summed E-state index contributed by atoms with van der Waals surface area (Å²) in [5.74, 6) is 0.813. The van der Waals surface area contributed by atoms with Crippen LogP contribution in [0.3, 0.4) is 0 Å². The number of nitrogens with zero attached hydrogens (tertiary/aromatic N) is 4. The molecule has 3 aromatic rings. The molecule has 0 spiro atoms. The van der Waals surface area contributed by atoms with Crippen LogP contribution in [0.4, 0.5) is 13.2 Å². The van der Waals surface area contributed by atoms with Crippen LogP contribution in [0.25, 0.3) is 11.4 Å². The first-order valence-electron chi connectivity index (χ1n) is 5.91. The molecule has 0 aliphatic heterocycles. The second-order valence-corrected chi connectivity index (χ2v) is 6.14. The summed E-state index contributed by atoms with van der Waals surface area (Å²) in [7, 11) is 0. The van der Waals surface area contributed by atoms with Crippen molar-refractivity contribution in [3.63, 3.8) is 0 Å². The zero-order valence-electron chi connectivity index (χ0n) is 10.7. The fourth-order valence-electron chi connectivity index (χ4n) is 1.61. The topological polar surface area (TPSA) is 64.7 Å². The summed E-state index contributed by atoms with van der Waals surface area (Å²) < 4.78 is 43.8. The number of hydrogen-bond acceptors (Lipinski definition) is 7. The minimum atomic E-state index is -4.41. The Morgan fingerprint density at radius 3 is 2.86 bits per heavy atom. The summed E-state index contributed by atoms with van der Waals surface area (Å²) in [6.07, 6.45) is -4.41. The van der Waals surface area contributed by atoms with Crippen LogP contribution in [-0.4, -0.2) is 20.3 Å². The summed E-state index contributed by atoms with van der Waals surface area (Å²) in [5, 5.41) is 11.3. The third-order valence-electron chi connectivity index (χ3n) is 2.58. The average Bonchev–Trinajstić information content (AvgIpc) is 3.16. The molecule has 0 saturated carbocycles. The Morgan fingerprint density at radius 1 is 1.27 bits per heavy atom. The van der Waals surface area contributed by atoms with Gasteiger partial charge in [-0.15, -0.1) is 10.2 Å². The van der Waals surface area contributed by atoms with Crippen molar-refractivity contribution in [2.45, 2.75) is 16.3 Å². The first-order valence-corrected chi connectivity index (χ1v) is 7.78. The first-order chi connectivity index (χ1) is 10.5. The van der Waals surface area contributed by atoms with Gasteiger partial charge in [0.15, 0.2) is 4.34 Å². The molecule has 0 bridgehead atoms. The van der Waals surface area contributed by atoms with Gasteiger partial charge in [0.1, 0.15) is 5.51 Å². The van der Waals surface area contributed by atoms with Crippen LogP contribution in [0.1, 0.15) is 11.5 Å². The van der Waals surface area contributed by atoms with Crippen LogP contribution in [0, 0.1) is 0 Å². The maximum atomic E-state index is 12.7. The van der Waals surface area contributed by atoms with Crippen LogP contribution in [0.15, 0.2) is 38.6 Å². The fourth-order valence-corrected chi connectivity index (χ4v) is 2.94. The summed E-state index contributed by atoms with van der Waals surface area (Å²) >= 11 is 2.74. The number of alkyl halides is 3. The molecule has 3 rings (SSSR count). The van der Waals surface area contributed by atoms with Gasteiger partial charge in [0, 0.05) is 5.56 Å². The standard InChI is InChI=1S/C12H7F3N4OS2/c13-12(14,15)8-3-1-2-7(4-8)10-17-9(20-19-10)5-21-11-18-16-6-22-11/h1-4,6H,5H2. The van der Waals surface area contributed by atoms with E-state index in [-0.39, 0.29) is 11.4 Å². The highest BCUT2D eigenvalue weighted by Gasteiger charge is 2.30. The Balaban J connectivity index is 1.76. The SMILES string of the molecule is FC(F)(F)c1cccc(-c2noc(CSc3nncs3)n2)c1. The van der Waals surface area contributed by atoms with Crippen molar-refractivity contribution in [2.24, 2.45) is 0 Å². The number of aromatic nitrogens is 4. The second-order valence-electron chi connectivity index (χ2n) is 4.08. The summed E-state index contributed by atoms with van der Waals surface area (Å²) in [5.41, 5.74) is 1.11. The molecule has 0 fully saturated rings. The van der Waals surface area contributed by atoms with Gasteiger partial charge in [-0.05, 0) is 12.1 Å². The van der Waals surface area contributed by atoms with Gasteiger partial charge in [0.2, 0.25) is 11.7 Å². The molecule has 0 aliphatic rings. The first kappa shape index (κ1) is 15.0. The lowest BCUT2D eigenvalue weighted by atomic mass is 10.1. The van der Waals surface area contributed by atoms with Crippen LogP contribution >= 0.6 is 23.1 Å². The Morgan fingerprint density at radius 2 is 2.14 bits per heavy atom. The Bertz CT molecular complexity index is 758. The molecule has 0 radical (unpaired) electrons. The van der Waals surface area contributed by atoms with Crippen LogP contribution < -0.4 is 0 Å². The van der Waals surface area contributed by atoms with Gasteiger partial charge in [0.05, 0.1) is 11.3 Å². The van der Waals surface area contributed by atoms with Gasteiger partial charge in [-0.1, -0.05) is 40.4 Å². The van der Waals surface area contributed by atoms with E-state index in [4.69, 9.17) is 4.52 Å². The van der Waals surface area contributed by atoms with Gasteiger partial charge in [-0.25, -0.2) is 0 Å². The Hall–Kier alpha value is -1.94. The second kappa shape index (κ2) is 6.05. The summed E-state index contributed by atoms with van der Waals surface area (Å²) in [6, 6.07) is 4.80. The zero-order chi connectivity index (χ0) is 15.6. The van der Waals surface area contributed by atoms with E-state index < -0.39 is 11.7 Å². The zero-order valence-corrected chi connectivity index (χ0v) is 12.4. The molecule has 0 amide bonds. The predicted octanol–water partition coefficient (Wildman–Crippen LogP) is 3.90. The van der Waals surface area contributed by atoms with E-state index in [2.05, 4.69) is 20.3 Å². The van der Waals surface area contributed by atoms with Gasteiger partial charge in [0.25, 0.3) is 0 Å². The van der Waals surface area contributed by atoms with Crippen molar-refractivity contribution in [2.75, 3.05) is 0 Å². The molecule has 5 nitrogen and oxygen atoms in total. The van der Waals surface area contributed by atoms with Gasteiger partial charge >= 0.3 is 6.18 Å². The number of halogens is 3. The summed E-state index contributed by atoms with van der Waals surface area (Å²) in [4.78, 5) is 4.09. The molecule has 2 aromatic heterocycles. The van der Waals surface area contributed by atoms with E-state index in [9.17, 15) is 13.2 Å². The highest BCUT2D eigenvalue weighted by molar-refractivity contribution is 8.00. The maximum absolute atomic E-state index is 12.7. The third kappa shape index (κ3) is 3.45. The lowest BCUT2D eigenvalue weighted by Gasteiger charge is -2.06. The molecule has 22 heavy (non-hydrogen) atoms. The molecule has 0 N–H and O–H groups in total. The third-order valence-corrected chi connectivity index (χ3v) is 4.42. The molecule has 114 valence electrons. The van der Waals surface area contributed by atoms with Crippen molar-refractivity contribution in [1.29, 1.82) is 0 Å². The largest absolute Gasteiger partial charge is 0.416 e. The molecule has 0 saturated heterocycles. The Labute approximate surface area is 130 Å². The quantitative estimate of drug-likeness (QED) is 0.669. The van der Waals surface area contributed by atoms with Crippen LogP contribution in [0.2, 0.25) is 0 Å². The number of rotatable bonds is 4. The van der Waals surface area contributed by atoms with E-state index in [1.165, 1.54) is 35.2 Å². The van der Waals surface area contributed by atoms with E-state index in [0.717, 1.165) is 16.5 Å². The van der Waals surface area contributed by atoms with Crippen LogP contribution in [0.5, 0.6) is 0 Å². The smallest absolute Gasteiger partial charge is 0.338 e. The van der Waals surface area contributed by atoms with E-state index in [1.807, 2.05) is 0 Å². The number of hydrogen-bond donors (Lipinski definition) is 0. The average molecular weight is 344 g/mol. The molecular weight excluding hydrogens is 337 g/mol. The van der Waals surface area contributed by atoms with Crippen molar-refractivity contribution >= 4 is 23.1 Å². The normalized spacial score (nSPS) is 11.8. The fraction of sp³-hybridized carbons (Fsp3) is 0.167.